The van der Waals surface area contributed by atoms with Crippen LogP contribution in [-0.2, 0) is 10.1 Å². The number of aryl methyl sites for hydroxylation is 1. The molecule has 0 spiro atoms. The van der Waals surface area contributed by atoms with Crippen LogP contribution >= 0.6 is 11.6 Å². The van der Waals surface area contributed by atoms with Gasteiger partial charge in [0.25, 0.3) is 0 Å². The highest BCUT2D eigenvalue weighted by atomic mass is 35.5. The highest BCUT2D eigenvalue weighted by Gasteiger charge is 2.27. The molecule has 0 unspecified atom stereocenters. The second-order valence-electron chi connectivity index (χ2n) is 7.03. The third-order valence-corrected chi connectivity index (χ3v) is 6.46. The van der Waals surface area contributed by atoms with Gasteiger partial charge in [0, 0.05) is 23.7 Å². The van der Waals surface area contributed by atoms with E-state index in [-0.39, 0.29) is 22.5 Å². The van der Waals surface area contributed by atoms with Crippen molar-refractivity contribution in [1.82, 2.24) is 4.90 Å². The molecule has 0 aromatic heterocycles. The van der Waals surface area contributed by atoms with E-state index < -0.39 is 10.1 Å². The number of halogens is 1. The lowest BCUT2D eigenvalue weighted by atomic mass is 9.88. The minimum absolute atomic E-state index is 0.0233. The van der Waals surface area contributed by atoms with E-state index in [0.29, 0.717) is 23.9 Å². The quantitative estimate of drug-likeness (QED) is 0.421. The van der Waals surface area contributed by atoms with Gasteiger partial charge in [-0.3, -0.25) is 5.41 Å². The Bertz CT molecular complexity index is 1020. The van der Waals surface area contributed by atoms with Gasteiger partial charge in [-0.25, -0.2) is 0 Å². The second kappa shape index (κ2) is 8.51. The minimum atomic E-state index is -4.07. The third kappa shape index (κ3) is 4.76. The lowest BCUT2D eigenvalue weighted by molar-refractivity contribution is 0.301. The monoisotopic (exact) mass is 437 g/mol. The molecule has 1 fully saturated rings. The maximum absolute atomic E-state index is 12.8. The predicted molar refractivity (Wildman–Crippen MR) is 112 cm³/mol. The molecular weight excluding hydrogens is 414 g/mol. The van der Waals surface area contributed by atoms with Crippen LogP contribution in [-0.4, -0.2) is 39.5 Å². The Hall–Kier alpha value is -2.45. The molecule has 3 N–H and O–H groups in total. The van der Waals surface area contributed by atoms with Gasteiger partial charge in [-0.15, -0.1) is 0 Å². The van der Waals surface area contributed by atoms with Gasteiger partial charge >= 0.3 is 10.1 Å². The maximum Gasteiger partial charge on any atom is 0.339 e. The Morgan fingerprint density at radius 2 is 1.93 bits per heavy atom. The van der Waals surface area contributed by atoms with E-state index >= 15 is 0 Å². The van der Waals surface area contributed by atoms with Crippen LogP contribution < -0.4 is 14.7 Å². The molecule has 0 atom stereocenters. The van der Waals surface area contributed by atoms with E-state index in [2.05, 4.69) is 0 Å². The van der Waals surface area contributed by atoms with Gasteiger partial charge in [-0.05, 0) is 55.5 Å². The lowest BCUT2D eigenvalue weighted by Gasteiger charge is -2.33. The lowest BCUT2D eigenvalue weighted by Crippen LogP contribution is -2.41. The zero-order valence-corrected chi connectivity index (χ0v) is 17.9. The zero-order valence-electron chi connectivity index (χ0n) is 16.3. The predicted octanol–water partition coefficient (Wildman–Crippen LogP) is 3.50. The molecule has 3 rings (SSSR count). The second-order valence-corrected chi connectivity index (χ2v) is 9.01. The van der Waals surface area contributed by atoms with E-state index in [1.807, 2.05) is 17.9 Å². The normalized spacial score (nSPS) is 15.2. The summed E-state index contributed by atoms with van der Waals surface area (Å²) in [4.78, 5) is 1.80. The van der Waals surface area contributed by atoms with Gasteiger partial charge < -0.3 is 19.6 Å². The molecule has 29 heavy (non-hydrogen) atoms. The first-order valence-electron chi connectivity index (χ1n) is 9.19. The Labute approximate surface area is 176 Å². The van der Waals surface area contributed by atoms with Crippen LogP contribution in [0.2, 0.25) is 5.02 Å². The summed E-state index contributed by atoms with van der Waals surface area (Å²) in [5.74, 6) is 0.770. The summed E-state index contributed by atoms with van der Waals surface area (Å²) >= 11 is 5.93. The molecule has 1 aliphatic heterocycles. The molecule has 2 aromatic carbocycles. The van der Waals surface area contributed by atoms with E-state index in [0.717, 1.165) is 24.0 Å². The molecule has 9 heteroatoms. The Kier molecular flexibility index (Phi) is 6.24. The van der Waals surface area contributed by atoms with Gasteiger partial charge in [0.05, 0.1) is 7.11 Å². The largest absolute Gasteiger partial charge is 0.492 e. The van der Waals surface area contributed by atoms with Crippen LogP contribution in [0.15, 0.2) is 41.3 Å². The van der Waals surface area contributed by atoms with Gasteiger partial charge in [0.2, 0.25) is 0 Å². The third-order valence-electron chi connectivity index (χ3n) is 4.99. The molecule has 0 aliphatic carbocycles. The van der Waals surface area contributed by atoms with Crippen molar-refractivity contribution < 1.29 is 17.3 Å². The number of benzene rings is 2. The highest BCUT2D eigenvalue weighted by molar-refractivity contribution is 7.87. The Balaban J connectivity index is 1.93. The van der Waals surface area contributed by atoms with Crippen molar-refractivity contribution in [2.24, 2.45) is 5.73 Å². The molecule has 0 saturated carbocycles. The van der Waals surface area contributed by atoms with E-state index in [4.69, 9.17) is 31.7 Å². The number of nitrogens with two attached hydrogens (primary N) is 1. The molecule has 7 nitrogen and oxygen atoms in total. The summed E-state index contributed by atoms with van der Waals surface area (Å²) in [6.45, 7) is 3.20. The summed E-state index contributed by atoms with van der Waals surface area (Å²) in [5.41, 5.74) is 7.34. The number of piperidine rings is 1. The molecule has 1 aliphatic rings. The first-order chi connectivity index (χ1) is 13.7. The molecule has 2 aromatic rings. The number of methoxy groups -OCH3 is 1. The number of rotatable bonds is 5. The fourth-order valence-electron chi connectivity index (χ4n) is 3.57. The number of likely N-dealkylation sites (tertiary alicyclic amines) is 1. The van der Waals surface area contributed by atoms with Crippen molar-refractivity contribution in [3.8, 4) is 11.5 Å². The van der Waals surface area contributed by atoms with Crippen molar-refractivity contribution in [2.45, 2.75) is 30.6 Å². The average molecular weight is 438 g/mol. The number of ether oxygens (including phenoxy) is 1. The number of guanidine groups is 1. The van der Waals surface area contributed by atoms with Crippen molar-refractivity contribution in [1.29, 1.82) is 5.41 Å². The smallest absolute Gasteiger partial charge is 0.339 e. The van der Waals surface area contributed by atoms with Crippen molar-refractivity contribution in [2.75, 3.05) is 20.2 Å². The number of hydrogen-bond donors (Lipinski definition) is 2. The first-order valence-corrected chi connectivity index (χ1v) is 11.0. The molecule has 0 bridgehead atoms. The molecule has 156 valence electrons. The summed E-state index contributed by atoms with van der Waals surface area (Å²) in [5, 5.41) is 7.89. The standard InChI is InChI=1S/C20H24ClN3O4S/c1-13-10-17(14-6-8-24(9-7-14)20(22)23)19(27-2)18(11-13)28-29(25,26)16-5-3-4-15(21)12-16/h3-5,10-12,14H,6-9H2,1-2H3,(H3,22,23). The Morgan fingerprint density at radius 3 is 2.52 bits per heavy atom. The number of hydrogen-bond acceptors (Lipinski definition) is 5. The summed E-state index contributed by atoms with van der Waals surface area (Å²) in [6.07, 6.45) is 1.56. The molecule has 0 amide bonds. The maximum atomic E-state index is 12.8. The van der Waals surface area contributed by atoms with Crippen LogP contribution in [0, 0.1) is 12.3 Å². The Morgan fingerprint density at radius 1 is 1.24 bits per heavy atom. The number of nitrogens with zero attached hydrogens (tertiary/aromatic N) is 1. The van der Waals surface area contributed by atoms with Gasteiger partial charge in [0.1, 0.15) is 4.90 Å². The molecular formula is C20H24ClN3O4S. The van der Waals surface area contributed by atoms with Crippen molar-refractivity contribution >= 4 is 27.7 Å². The molecule has 1 saturated heterocycles. The van der Waals surface area contributed by atoms with Gasteiger partial charge in [-0.1, -0.05) is 23.7 Å². The average Bonchev–Trinajstić information content (AvgIpc) is 2.67. The number of nitrogens with one attached hydrogen (secondary N) is 1. The van der Waals surface area contributed by atoms with Crippen LogP contribution in [0.1, 0.15) is 29.9 Å². The highest BCUT2D eigenvalue weighted by Crippen LogP contribution is 2.41. The summed E-state index contributed by atoms with van der Waals surface area (Å²) in [6, 6.07) is 9.57. The van der Waals surface area contributed by atoms with E-state index in [9.17, 15) is 8.42 Å². The van der Waals surface area contributed by atoms with Crippen molar-refractivity contribution in [3.05, 3.63) is 52.5 Å². The topological polar surface area (TPSA) is 106 Å². The fourth-order valence-corrected chi connectivity index (χ4v) is 4.80. The first kappa shape index (κ1) is 21.3. The van der Waals surface area contributed by atoms with Crippen LogP contribution in [0.25, 0.3) is 0 Å². The molecule has 1 heterocycles. The van der Waals surface area contributed by atoms with Crippen LogP contribution in [0.5, 0.6) is 11.5 Å². The fraction of sp³-hybridized carbons (Fsp3) is 0.350. The minimum Gasteiger partial charge on any atom is -0.492 e. The van der Waals surface area contributed by atoms with Gasteiger partial charge in [-0.2, -0.15) is 8.42 Å². The van der Waals surface area contributed by atoms with E-state index in [1.165, 1.54) is 19.2 Å². The summed E-state index contributed by atoms with van der Waals surface area (Å²) < 4.78 is 36.5. The SMILES string of the molecule is COc1c(OS(=O)(=O)c2cccc(Cl)c2)cc(C)cc1C1CCN(C(=N)N)CC1. The van der Waals surface area contributed by atoms with Crippen LogP contribution in [0.3, 0.4) is 0 Å². The summed E-state index contributed by atoms with van der Waals surface area (Å²) in [7, 11) is -2.57. The van der Waals surface area contributed by atoms with Crippen molar-refractivity contribution in [3.63, 3.8) is 0 Å². The molecule has 0 radical (unpaired) electrons. The zero-order chi connectivity index (χ0) is 21.2. The van der Waals surface area contributed by atoms with E-state index in [1.54, 1.807) is 18.2 Å². The van der Waals surface area contributed by atoms with Crippen LogP contribution in [0.4, 0.5) is 0 Å². The van der Waals surface area contributed by atoms with Gasteiger partial charge in [0.15, 0.2) is 17.5 Å².